The average molecular weight is 378 g/mol. The third kappa shape index (κ3) is 4.68. The summed E-state index contributed by atoms with van der Waals surface area (Å²) in [4.78, 5) is 13.1. The summed E-state index contributed by atoms with van der Waals surface area (Å²) in [6.45, 7) is 2.38. The second-order valence-electron chi connectivity index (χ2n) is 7.08. The van der Waals surface area contributed by atoms with E-state index in [4.69, 9.17) is 0 Å². The number of rotatable bonds is 6. The van der Waals surface area contributed by atoms with Crippen molar-refractivity contribution < 1.29 is 17.9 Å². The maximum Gasteiger partial charge on any atom is 0.573 e. The first kappa shape index (κ1) is 18.0. The molecule has 1 aromatic heterocycles. The third-order valence-electron chi connectivity index (χ3n) is 4.95. The summed E-state index contributed by atoms with van der Waals surface area (Å²) >= 11 is 0. The number of hydrogen-bond acceptors (Lipinski definition) is 5. The van der Waals surface area contributed by atoms with Gasteiger partial charge in [0, 0.05) is 37.9 Å². The Labute approximate surface area is 155 Å². The summed E-state index contributed by atoms with van der Waals surface area (Å²) in [7, 11) is 0. The van der Waals surface area contributed by atoms with Crippen molar-refractivity contribution >= 4 is 5.82 Å². The maximum absolute atomic E-state index is 12.4. The lowest BCUT2D eigenvalue weighted by molar-refractivity contribution is -0.274. The molecule has 0 N–H and O–H groups in total. The van der Waals surface area contributed by atoms with Crippen LogP contribution in [-0.4, -0.2) is 46.4 Å². The SMILES string of the molecule is FC(F)(F)Oc1cccc(CN2CCC(N(c3ccncn3)C3CC3)C2)c1. The quantitative estimate of drug-likeness (QED) is 0.768. The highest BCUT2D eigenvalue weighted by Crippen LogP contribution is 2.35. The van der Waals surface area contributed by atoms with Crippen molar-refractivity contribution in [3.63, 3.8) is 0 Å². The molecule has 1 aliphatic carbocycles. The highest BCUT2D eigenvalue weighted by molar-refractivity contribution is 5.42. The van der Waals surface area contributed by atoms with Gasteiger partial charge in [0.1, 0.15) is 17.9 Å². The Kier molecular flexibility index (Phi) is 4.90. The minimum absolute atomic E-state index is 0.170. The molecule has 5 nitrogen and oxygen atoms in total. The molecule has 4 rings (SSSR count). The number of anilines is 1. The van der Waals surface area contributed by atoms with E-state index in [-0.39, 0.29) is 5.75 Å². The Hall–Kier alpha value is -2.35. The maximum atomic E-state index is 12.4. The van der Waals surface area contributed by atoms with Gasteiger partial charge in [0.15, 0.2) is 0 Å². The predicted molar refractivity (Wildman–Crippen MR) is 94.3 cm³/mol. The van der Waals surface area contributed by atoms with Gasteiger partial charge in [0.05, 0.1) is 0 Å². The van der Waals surface area contributed by atoms with Crippen molar-refractivity contribution in [3.8, 4) is 5.75 Å². The minimum atomic E-state index is -4.67. The molecule has 0 bridgehead atoms. The van der Waals surface area contributed by atoms with E-state index in [0.717, 1.165) is 30.9 Å². The summed E-state index contributed by atoms with van der Waals surface area (Å²) in [6, 6.07) is 9.06. The fourth-order valence-corrected chi connectivity index (χ4v) is 3.74. The van der Waals surface area contributed by atoms with Crippen LogP contribution in [0.3, 0.4) is 0 Å². The van der Waals surface area contributed by atoms with Gasteiger partial charge >= 0.3 is 6.36 Å². The molecule has 8 heteroatoms. The van der Waals surface area contributed by atoms with E-state index in [1.807, 2.05) is 12.1 Å². The molecule has 1 saturated carbocycles. The molecule has 1 unspecified atom stereocenters. The first-order chi connectivity index (χ1) is 13.0. The number of hydrogen-bond donors (Lipinski definition) is 0. The molecule has 1 aromatic carbocycles. The minimum Gasteiger partial charge on any atom is -0.406 e. The zero-order valence-electron chi connectivity index (χ0n) is 14.8. The Morgan fingerprint density at radius 2 is 2.00 bits per heavy atom. The summed E-state index contributed by atoms with van der Waals surface area (Å²) in [5, 5.41) is 0. The molecule has 1 saturated heterocycles. The fourth-order valence-electron chi connectivity index (χ4n) is 3.74. The van der Waals surface area contributed by atoms with Gasteiger partial charge in [-0.15, -0.1) is 13.2 Å². The van der Waals surface area contributed by atoms with Crippen LogP contribution in [0, 0.1) is 0 Å². The summed E-state index contributed by atoms with van der Waals surface area (Å²) < 4.78 is 41.3. The molecule has 144 valence electrons. The van der Waals surface area contributed by atoms with Crippen LogP contribution in [0.25, 0.3) is 0 Å². The molecule has 0 radical (unpaired) electrons. The van der Waals surface area contributed by atoms with Gasteiger partial charge in [-0.1, -0.05) is 12.1 Å². The first-order valence-corrected chi connectivity index (χ1v) is 9.09. The highest BCUT2D eigenvalue weighted by atomic mass is 19.4. The van der Waals surface area contributed by atoms with Crippen LogP contribution in [0.1, 0.15) is 24.8 Å². The molecule has 27 heavy (non-hydrogen) atoms. The normalized spacial score (nSPS) is 20.6. The molecular weight excluding hydrogens is 357 g/mol. The standard InChI is InChI=1S/C19H21F3N4O/c20-19(21,22)27-17-3-1-2-14(10-17)11-25-9-7-16(12-25)26(15-4-5-15)18-6-8-23-13-24-18/h1-3,6,8,10,13,15-16H,4-5,7,9,11-12H2. The largest absolute Gasteiger partial charge is 0.573 e. The van der Waals surface area contributed by atoms with Crippen LogP contribution >= 0.6 is 0 Å². The zero-order chi connectivity index (χ0) is 18.9. The van der Waals surface area contributed by atoms with Crippen LogP contribution in [0.2, 0.25) is 0 Å². The zero-order valence-corrected chi connectivity index (χ0v) is 14.8. The number of alkyl halides is 3. The van der Waals surface area contributed by atoms with Crippen molar-refractivity contribution in [2.75, 3.05) is 18.0 Å². The number of aromatic nitrogens is 2. The molecule has 2 aliphatic rings. The molecule has 2 fully saturated rings. The van der Waals surface area contributed by atoms with Gasteiger partial charge in [-0.25, -0.2) is 9.97 Å². The smallest absolute Gasteiger partial charge is 0.406 e. The average Bonchev–Trinajstić information content (AvgIpc) is 3.34. The summed E-state index contributed by atoms with van der Waals surface area (Å²) in [5.74, 6) is 0.788. The molecule has 1 aliphatic heterocycles. The van der Waals surface area contributed by atoms with Crippen LogP contribution < -0.4 is 9.64 Å². The lowest BCUT2D eigenvalue weighted by atomic mass is 10.2. The van der Waals surface area contributed by atoms with E-state index in [2.05, 4.69) is 24.5 Å². The van der Waals surface area contributed by atoms with E-state index < -0.39 is 6.36 Å². The van der Waals surface area contributed by atoms with E-state index in [0.29, 0.717) is 18.6 Å². The van der Waals surface area contributed by atoms with Gasteiger partial charge in [0.2, 0.25) is 0 Å². The second kappa shape index (κ2) is 7.34. The van der Waals surface area contributed by atoms with Gasteiger partial charge in [-0.05, 0) is 43.0 Å². The van der Waals surface area contributed by atoms with Crippen molar-refractivity contribution in [1.82, 2.24) is 14.9 Å². The predicted octanol–water partition coefficient (Wildman–Crippen LogP) is 3.62. The highest BCUT2D eigenvalue weighted by Gasteiger charge is 2.38. The van der Waals surface area contributed by atoms with Crippen molar-refractivity contribution in [1.29, 1.82) is 0 Å². The van der Waals surface area contributed by atoms with Gasteiger partial charge in [-0.2, -0.15) is 0 Å². The molecule has 0 amide bonds. The Morgan fingerprint density at radius 1 is 1.15 bits per heavy atom. The second-order valence-corrected chi connectivity index (χ2v) is 7.08. The van der Waals surface area contributed by atoms with Crippen LogP contribution in [0.5, 0.6) is 5.75 Å². The lowest BCUT2D eigenvalue weighted by Crippen LogP contribution is -2.39. The monoisotopic (exact) mass is 378 g/mol. The molecule has 2 heterocycles. The number of nitrogens with zero attached hydrogens (tertiary/aromatic N) is 4. The Balaban J connectivity index is 1.40. The van der Waals surface area contributed by atoms with E-state index in [9.17, 15) is 13.2 Å². The fraction of sp³-hybridized carbons (Fsp3) is 0.474. The Bertz CT molecular complexity index is 767. The topological polar surface area (TPSA) is 41.5 Å². The van der Waals surface area contributed by atoms with Crippen molar-refractivity contribution in [2.45, 2.75) is 44.3 Å². The Morgan fingerprint density at radius 3 is 2.70 bits per heavy atom. The third-order valence-corrected chi connectivity index (χ3v) is 4.95. The number of benzene rings is 1. The van der Waals surface area contributed by atoms with E-state index >= 15 is 0 Å². The number of halogens is 3. The first-order valence-electron chi connectivity index (χ1n) is 9.09. The summed E-state index contributed by atoms with van der Waals surface area (Å²) in [5.41, 5.74) is 0.817. The number of ether oxygens (including phenoxy) is 1. The number of likely N-dealkylation sites (tertiary alicyclic amines) is 1. The molecular formula is C19H21F3N4O. The van der Waals surface area contributed by atoms with Gasteiger partial charge < -0.3 is 9.64 Å². The molecule has 0 spiro atoms. The van der Waals surface area contributed by atoms with E-state index in [1.54, 1.807) is 18.6 Å². The van der Waals surface area contributed by atoms with Crippen LogP contribution in [0.15, 0.2) is 42.9 Å². The van der Waals surface area contributed by atoms with Crippen LogP contribution in [-0.2, 0) is 6.54 Å². The van der Waals surface area contributed by atoms with E-state index in [1.165, 1.54) is 25.0 Å². The van der Waals surface area contributed by atoms with Crippen molar-refractivity contribution in [2.24, 2.45) is 0 Å². The molecule has 2 aromatic rings. The lowest BCUT2D eigenvalue weighted by Gasteiger charge is -2.30. The van der Waals surface area contributed by atoms with Crippen molar-refractivity contribution in [3.05, 3.63) is 48.4 Å². The van der Waals surface area contributed by atoms with Gasteiger partial charge in [-0.3, -0.25) is 4.90 Å². The summed E-state index contributed by atoms with van der Waals surface area (Å²) in [6.07, 6.45) is 2.04. The molecule has 1 atom stereocenters. The van der Waals surface area contributed by atoms with Gasteiger partial charge in [0.25, 0.3) is 0 Å². The van der Waals surface area contributed by atoms with Crippen LogP contribution in [0.4, 0.5) is 19.0 Å².